The van der Waals surface area contributed by atoms with Gasteiger partial charge in [0.2, 0.25) is 0 Å². The molecule has 1 heterocycles. The van der Waals surface area contributed by atoms with Crippen LogP contribution in [0.15, 0.2) is 42.5 Å². The molecule has 0 aromatic heterocycles. The molecule has 1 N–H and O–H groups in total. The van der Waals surface area contributed by atoms with Crippen LogP contribution >= 0.6 is 0 Å². The number of aliphatic carboxylic acids is 1. The standard InChI is InChI=1S/C19H16FN3O3/c20-16-11-15(14-3-1-13(12-21)2-4-14)5-6-17(16)23-10-9-22(19(23)26)8-7-18(24)25/h1-6,11H,7-10H2,(H,24,25). The smallest absolute Gasteiger partial charge is 0.324 e. The Morgan fingerprint density at radius 1 is 1.15 bits per heavy atom. The molecule has 2 aromatic carbocycles. The Bertz CT molecular complexity index is 890. The van der Waals surface area contributed by atoms with E-state index in [0.717, 1.165) is 5.56 Å². The highest BCUT2D eigenvalue weighted by molar-refractivity contribution is 5.94. The summed E-state index contributed by atoms with van der Waals surface area (Å²) in [4.78, 5) is 25.7. The molecule has 26 heavy (non-hydrogen) atoms. The lowest BCUT2D eigenvalue weighted by molar-refractivity contribution is -0.137. The average Bonchev–Trinajstić information content (AvgIpc) is 3.00. The van der Waals surface area contributed by atoms with Crippen molar-refractivity contribution in [1.82, 2.24) is 4.90 Å². The molecule has 2 aromatic rings. The van der Waals surface area contributed by atoms with E-state index in [1.807, 2.05) is 6.07 Å². The van der Waals surface area contributed by atoms with Gasteiger partial charge in [-0.25, -0.2) is 9.18 Å². The molecule has 0 atom stereocenters. The van der Waals surface area contributed by atoms with Gasteiger partial charge in [0, 0.05) is 19.6 Å². The average molecular weight is 353 g/mol. The lowest BCUT2D eigenvalue weighted by Gasteiger charge is -2.19. The van der Waals surface area contributed by atoms with Crippen molar-refractivity contribution in [3.8, 4) is 17.2 Å². The first kappa shape index (κ1) is 17.4. The normalized spacial score (nSPS) is 13.8. The van der Waals surface area contributed by atoms with Gasteiger partial charge in [0.15, 0.2) is 0 Å². The number of nitriles is 1. The van der Waals surface area contributed by atoms with Gasteiger partial charge >= 0.3 is 12.0 Å². The largest absolute Gasteiger partial charge is 0.481 e. The molecule has 0 bridgehead atoms. The number of benzene rings is 2. The summed E-state index contributed by atoms with van der Waals surface area (Å²) >= 11 is 0. The maximum Gasteiger partial charge on any atom is 0.324 e. The predicted octanol–water partition coefficient (Wildman–Crippen LogP) is 3.08. The number of halogens is 1. The van der Waals surface area contributed by atoms with Crippen molar-refractivity contribution in [3.63, 3.8) is 0 Å². The Labute approximate surface area is 149 Å². The van der Waals surface area contributed by atoms with E-state index < -0.39 is 17.8 Å². The molecule has 1 aliphatic rings. The van der Waals surface area contributed by atoms with Crippen LogP contribution in [-0.4, -0.2) is 41.6 Å². The fraction of sp³-hybridized carbons (Fsp3) is 0.211. The van der Waals surface area contributed by atoms with Crippen molar-refractivity contribution in [2.75, 3.05) is 24.5 Å². The van der Waals surface area contributed by atoms with E-state index in [-0.39, 0.29) is 18.7 Å². The van der Waals surface area contributed by atoms with Crippen LogP contribution in [0.1, 0.15) is 12.0 Å². The Morgan fingerprint density at radius 2 is 1.85 bits per heavy atom. The van der Waals surface area contributed by atoms with Crippen LogP contribution in [0.3, 0.4) is 0 Å². The van der Waals surface area contributed by atoms with E-state index in [2.05, 4.69) is 0 Å². The number of urea groups is 1. The lowest BCUT2D eigenvalue weighted by Crippen LogP contribution is -2.33. The van der Waals surface area contributed by atoms with Gasteiger partial charge in [-0.15, -0.1) is 0 Å². The minimum Gasteiger partial charge on any atom is -0.481 e. The topological polar surface area (TPSA) is 84.6 Å². The Hall–Kier alpha value is -3.40. The molecule has 0 radical (unpaired) electrons. The van der Waals surface area contributed by atoms with E-state index in [4.69, 9.17) is 10.4 Å². The van der Waals surface area contributed by atoms with Gasteiger partial charge in [-0.05, 0) is 35.4 Å². The maximum atomic E-state index is 14.6. The summed E-state index contributed by atoms with van der Waals surface area (Å²) < 4.78 is 14.6. The monoisotopic (exact) mass is 353 g/mol. The number of carboxylic acid groups (broad SMARTS) is 1. The Morgan fingerprint density at radius 3 is 2.46 bits per heavy atom. The highest BCUT2D eigenvalue weighted by atomic mass is 19.1. The molecule has 0 aliphatic carbocycles. The van der Waals surface area contributed by atoms with Crippen LogP contribution < -0.4 is 4.90 Å². The van der Waals surface area contributed by atoms with Crippen molar-refractivity contribution in [2.24, 2.45) is 0 Å². The van der Waals surface area contributed by atoms with E-state index in [0.29, 0.717) is 24.2 Å². The predicted molar refractivity (Wildman–Crippen MR) is 93.1 cm³/mol. The molecule has 1 aliphatic heterocycles. The highest BCUT2D eigenvalue weighted by Gasteiger charge is 2.31. The van der Waals surface area contributed by atoms with Gasteiger partial charge in [0.1, 0.15) is 5.82 Å². The van der Waals surface area contributed by atoms with Crippen LogP contribution in [0.5, 0.6) is 0 Å². The van der Waals surface area contributed by atoms with Crippen molar-refractivity contribution in [1.29, 1.82) is 5.26 Å². The first-order valence-corrected chi connectivity index (χ1v) is 8.08. The lowest BCUT2D eigenvalue weighted by atomic mass is 10.0. The third-order valence-electron chi connectivity index (χ3n) is 4.28. The van der Waals surface area contributed by atoms with Crippen LogP contribution in [0.25, 0.3) is 11.1 Å². The van der Waals surface area contributed by atoms with Crippen molar-refractivity contribution in [3.05, 3.63) is 53.8 Å². The number of hydrogen-bond donors (Lipinski definition) is 1. The summed E-state index contributed by atoms with van der Waals surface area (Å²) in [6, 6.07) is 13.0. The second-order valence-corrected chi connectivity index (χ2v) is 5.92. The third kappa shape index (κ3) is 3.49. The van der Waals surface area contributed by atoms with E-state index in [1.54, 1.807) is 36.4 Å². The minimum absolute atomic E-state index is 0.107. The molecular weight excluding hydrogens is 337 g/mol. The zero-order valence-corrected chi connectivity index (χ0v) is 13.9. The molecule has 3 rings (SSSR count). The SMILES string of the molecule is N#Cc1ccc(-c2ccc(N3CCN(CCC(=O)O)C3=O)c(F)c2)cc1. The van der Waals surface area contributed by atoms with Crippen molar-refractivity contribution in [2.45, 2.75) is 6.42 Å². The summed E-state index contributed by atoms with van der Waals surface area (Å²) in [7, 11) is 0. The number of carbonyl (C=O) groups is 2. The molecule has 6 nitrogen and oxygen atoms in total. The number of hydrogen-bond acceptors (Lipinski definition) is 3. The fourth-order valence-corrected chi connectivity index (χ4v) is 2.89. The van der Waals surface area contributed by atoms with E-state index in [1.165, 1.54) is 15.9 Å². The second-order valence-electron chi connectivity index (χ2n) is 5.92. The summed E-state index contributed by atoms with van der Waals surface area (Å²) in [5, 5.41) is 17.6. The number of carboxylic acids is 1. The first-order chi connectivity index (χ1) is 12.5. The molecule has 0 unspecified atom stereocenters. The summed E-state index contributed by atoms with van der Waals surface area (Å²) in [6.45, 7) is 0.782. The molecule has 1 saturated heterocycles. The van der Waals surface area contributed by atoms with Crippen LogP contribution in [0.2, 0.25) is 0 Å². The molecule has 132 valence electrons. The molecule has 1 fully saturated rings. The number of nitrogens with zero attached hydrogens (tertiary/aromatic N) is 3. The molecule has 2 amide bonds. The summed E-state index contributed by atoms with van der Waals surface area (Å²) in [6.07, 6.45) is -0.139. The third-order valence-corrected chi connectivity index (χ3v) is 4.28. The number of rotatable bonds is 5. The quantitative estimate of drug-likeness (QED) is 0.895. The minimum atomic E-state index is -0.978. The van der Waals surface area contributed by atoms with Crippen LogP contribution in [0, 0.1) is 17.1 Å². The Kier molecular flexibility index (Phi) is 4.85. The molecular formula is C19H16FN3O3. The second kappa shape index (κ2) is 7.23. The zero-order chi connectivity index (χ0) is 18.7. The summed E-state index contributed by atoms with van der Waals surface area (Å²) in [5.41, 5.74) is 2.11. The van der Waals surface area contributed by atoms with Gasteiger partial charge in [-0.3, -0.25) is 9.69 Å². The van der Waals surface area contributed by atoms with Crippen molar-refractivity contribution < 1.29 is 19.1 Å². The van der Waals surface area contributed by atoms with Crippen molar-refractivity contribution >= 4 is 17.7 Å². The number of amides is 2. The Balaban J connectivity index is 1.78. The molecule has 0 saturated carbocycles. The highest BCUT2D eigenvalue weighted by Crippen LogP contribution is 2.29. The van der Waals surface area contributed by atoms with Gasteiger partial charge in [-0.1, -0.05) is 18.2 Å². The number of anilines is 1. The zero-order valence-electron chi connectivity index (χ0n) is 13.9. The first-order valence-electron chi connectivity index (χ1n) is 8.08. The summed E-state index contributed by atoms with van der Waals surface area (Å²) in [5.74, 6) is -1.51. The molecule has 0 spiro atoms. The van der Waals surface area contributed by atoms with E-state index >= 15 is 0 Å². The van der Waals surface area contributed by atoms with Crippen LogP contribution in [-0.2, 0) is 4.79 Å². The molecule has 7 heteroatoms. The maximum absolute atomic E-state index is 14.6. The van der Waals surface area contributed by atoms with Gasteiger partial charge < -0.3 is 10.0 Å². The number of carbonyl (C=O) groups excluding carboxylic acids is 1. The van der Waals surface area contributed by atoms with Gasteiger partial charge in [0.05, 0.1) is 23.7 Å². The van der Waals surface area contributed by atoms with Gasteiger partial charge in [0.25, 0.3) is 0 Å². The van der Waals surface area contributed by atoms with Gasteiger partial charge in [-0.2, -0.15) is 5.26 Å². The van der Waals surface area contributed by atoms with E-state index in [9.17, 15) is 14.0 Å². The van der Waals surface area contributed by atoms with Crippen LogP contribution in [0.4, 0.5) is 14.9 Å². The fourth-order valence-electron chi connectivity index (χ4n) is 2.89.